The van der Waals surface area contributed by atoms with Gasteiger partial charge in [0, 0.05) is 37.2 Å². The number of hydrogen-bond donors (Lipinski definition) is 0. The molecular weight excluding hydrogens is 456 g/mol. The van der Waals surface area contributed by atoms with Gasteiger partial charge in [0.25, 0.3) is 0 Å². The summed E-state index contributed by atoms with van der Waals surface area (Å²) in [5.41, 5.74) is 2.20. The van der Waals surface area contributed by atoms with Gasteiger partial charge in [0.15, 0.2) is 0 Å². The van der Waals surface area contributed by atoms with Gasteiger partial charge < -0.3 is 4.74 Å². The summed E-state index contributed by atoms with van der Waals surface area (Å²) in [5, 5.41) is 0.637. The lowest BCUT2D eigenvalue weighted by Crippen LogP contribution is -2.46. The van der Waals surface area contributed by atoms with Crippen LogP contribution < -0.4 is 4.74 Å². The standard InChI is InChI=1S/C26H29ClN2O3S/c1-32-25-11-13-26(14-12-25)33(30,31)29(20-22-7-9-23(27)10-8-22)24-15-17-28(18-16-24)19-21-5-3-2-4-6-21/h2-14,24H,15-20H2,1H3. The summed E-state index contributed by atoms with van der Waals surface area (Å²) in [6, 6.07) is 24.3. The van der Waals surface area contributed by atoms with E-state index in [4.69, 9.17) is 16.3 Å². The van der Waals surface area contributed by atoms with Crippen LogP contribution in [0.15, 0.2) is 83.8 Å². The summed E-state index contributed by atoms with van der Waals surface area (Å²) in [7, 11) is -2.12. The van der Waals surface area contributed by atoms with E-state index < -0.39 is 10.0 Å². The second-order valence-corrected chi connectivity index (χ2v) is 10.7. The van der Waals surface area contributed by atoms with Crippen LogP contribution in [0.3, 0.4) is 0 Å². The van der Waals surface area contributed by atoms with Crippen LogP contribution in [-0.2, 0) is 23.1 Å². The molecule has 1 aliphatic heterocycles. The molecule has 0 aliphatic carbocycles. The Morgan fingerprint density at radius 2 is 1.55 bits per heavy atom. The minimum atomic E-state index is -3.68. The van der Waals surface area contributed by atoms with Crippen molar-refractivity contribution in [3.8, 4) is 5.75 Å². The van der Waals surface area contributed by atoms with Crippen LogP contribution in [0.2, 0.25) is 5.02 Å². The topological polar surface area (TPSA) is 49.9 Å². The molecule has 0 unspecified atom stereocenters. The number of methoxy groups -OCH3 is 1. The van der Waals surface area contributed by atoms with Crippen molar-refractivity contribution >= 4 is 21.6 Å². The van der Waals surface area contributed by atoms with Gasteiger partial charge in [-0.25, -0.2) is 8.42 Å². The number of benzene rings is 3. The molecule has 174 valence electrons. The molecule has 1 fully saturated rings. The van der Waals surface area contributed by atoms with E-state index in [-0.39, 0.29) is 10.9 Å². The molecule has 33 heavy (non-hydrogen) atoms. The number of hydrogen-bond acceptors (Lipinski definition) is 4. The fourth-order valence-corrected chi connectivity index (χ4v) is 6.07. The Morgan fingerprint density at radius 3 is 2.15 bits per heavy atom. The zero-order valence-corrected chi connectivity index (χ0v) is 20.3. The number of sulfonamides is 1. The molecule has 0 saturated carbocycles. The molecule has 0 N–H and O–H groups in total. The van der Waals surface area contributed by atoms with Gasteiger partial charge in [-0.2, -0.15) is 4.31 Å². The van der Waals surface area contributed by atoms with E-state index in [1.54, 1.807) is 47.8 Å². The smallest absolute Gasteiger partial charge is 0.243 e. The van der Waals surface area contributed by atoms with Crippen LogP contribution in [0.5, 0.6) is 5.75 Å². The van der Waals surface area contributed by atoms with E-state index in [0.29, 0.717) is 17.3 Å². The first-order chi connectivity index (χ1) is 16.0. The Bertz CT molecular complexity index is 1130. The monoisotopic (exact) mass is 484 g/mol. The fourth-order valence-electron chi connectivity index (χ4n) is 4.27. The molecular formula is C26H29ClN2O3S. The normalized spacial score (nSPS) is 15.6. The molecule has 7 heteroatoms. The summed E-state index contributed by atoms with van der Waals surface area (Å²) < 4.78 is 34.3. The van der Waals surface area contributed by atoms with Crippen molar-refractivity contribution in [2.24, 2.45) is 0 Å². The predicted octanol–water partition coefficient (Wildman–Crippen LogP) is 5.20. The minimum absolute atomic E-state index is 0.0696. The molecule has 4 rings (SSSR count). The average molecular weight is 485 g/mol. The van der Waals surface area contributed by atoms with Gasteiger partial charge in [0.2, 0.25) is 10.0 Å². The van der Waals surface area contributed by atoms with E-state index in [2.05, 4.69) is 29.2 Å². The van der Waals surface area contributed by atoms with Crippen LogP contribution >= 0.6 is 11.6 Å². The van der Waals surface area contributed by atoms with Gasteiger partial charge in [-0.15, -0.1) is 0 Å². The van der Waals surface area contributed by atoms with Crippen molar-refractivity contribution in [2.75, 3.05) is 20.2 Å². The van der Waals surface area contributed by atoms with Gasteiger partial charge in [0.05, 0.1) is 12.0 Å². The molecule has 3 aromatic carbocycles. The van der Waals surface area contributed by atoms with Gasteiger partial charge in [-0.05, 0) is 60.4 Å². The molecule has 0 atom stereocenters. The summed E-state index contributed by atoms with van der Waals surface area (Å²) in [6.07, 6.45) is 1.58. The molecule has 0 aromatic heterocycles. The van der Waals surface area contributed by atoms with Crippen LogP contribution in [0, 0.1) is 0 Å². The lowest BCUT2D eigenvalue weighted by atomic mass is 10.0. The molecule has 1 saturated heterocycles. The number of ether oxygens (including phenoxy) is 1. The van der Waals surface area contributed by atoms with Crippen molar-refractivity contribution in [3.63, 3.8) is 0 Å². The van der Waals surface area contributed by atoms with E-state index in [1.165, 1.54) is 5.56 Å². The summed E-state index contributed by atoms with van der Waals surface area (Å²) in [5.74, 6) is 0.632. The number of nitrogens with zero attached hydrogens (tertiary/aromatic N) is 2. The second-order valence-electron chi connectivity index (χ2n) is 8.35. The Labute approximate surface area is 201 Å². The maximum absolute atomic E-state index is 13.7. The first-order valence-electron chi connectivity index (χ1n) is 11.1. The maximum Gasteiger partial charge on any atom is 0.243 e. The van der Waals surface area contributed by atoms with E-state index in [1.807, 2.05) is 18.2 Å². The number of likely N-dealkylation sites (tertiary alicyclic amines) is 1. The third-order valence-electron chi connectivity index (χ3n) is 6.13. The molecule has 1 aliphatic rings. The summed E-state index contributed by atoms with van der Waals surface area (Å²) in [4.78, 5) is 2.68. The number of piperidine rings is 1. The van der Waals surface area contributed by atoms with Gasteiger partial charge >= 0.3 is 0 Å². The maximum atomic E-state index is 13.7. The highest BCUT2D eigenvalue weighted by atomic mass is 35.5. The highest BCUT2D eigenvalue weighted by Crippen LogP contribution is 2.28. The van der Waals surface area contributed by atoms with Crippen LogP contribution in [0.25, 0.3) is 0 Å². The zero-order valence-electron chi connectivity index (χ0n) is 18.7. The van der Waals surface area contributed by atoms with Gasteiger partial charge in [0.1, 0.15) is 5.75 Å². The van der Waals surface area contributed by atoms with Gasteiger partial charge in [-0.1, -0.05) is 54.1 Å². The molecule has 3 aromatic rings. The summed E-state index contributed by atoms with van der Waals surface area (Å²) in [6.45, 7) is 2.91. The van der Waals surface area contributed by atoms with Crippen molar-refractivity contribution < 1.29 is 13.2 Å². The Kier molecular flexibility index (Phi) is 7.71. The molecule has 5 nitrogen and oxygen atoms in total. The van der Waals surface area contributed by atoms with Crippen molar-refractivity contribution in [2.45, 2.75) is 36.9 Å². The second kappa shape index (κ2) is 10.7. The van der Waals surface area contributed by atoms with E-state index >= 15 is 0 Å². The third-order valence-corrected chi connectivity index (χ3v) is 8.30. The molecule has 0 bridgehead atoms. The quantitative estimate of drug-likeness (QED) is 0.440. The highest BCUT2D eigenvalue weighted by Gasteiger charge is 2.34. The van der Waals surface area contributed by atoms with Crippen LogP contribution in [-0.4, -0.2) is 43.9 Å². The summed E-state index contributed by atoms with van der Waals surface area (Å²) >= 11 is 6.04. The SMILES string of the molecule is COc1ccc(S(=O)(=O)N(Cc2ccc(Cl)cc2)C2CCN(Cc3ccccc3)CC2)cc1. The van der Waals surface area contributed by atoms with Gasteiger partial charge in [-0.3, -0.25) is 4.90 Å². The Balaban J connectivity index is 1.54. The zero-order chi connectivity index (χ0) is 23.3. The number of halogens is 1. The molecule has 0 spiro atoms. The van der Waals surface area contributed by atoms with Crippen molar-refractivity contribution in [1.82, 2.24) is 9.21 Å². The van der Waals surface area contributed by atoms with E-state index in [9.17, 15) is 8.42 Å². The lowest BCUT2D eigenvalue weighted by molar-refractivity contribution is 0.150. The lowest BCUT2D eigenvalue weighted by Gasteiger charge is -2.38. The van der Waals surface area contributed by atoms with Crippen LogP contribution in [0.4, 0.5) is 0 Å². The minimum Gasteiger partial charge on any atom is -0.497 e. The van der Waals surface area contributed by atoms with Crippen LogP contribution in [0.1, 0.15) is 24.0 Å². The van der Waals surface area contributed by atoms with Crippen molar-refractivity contribution in [3.05, 3.63) is 95.0 Å². The highest BCUT2D eigenvalue weighted by molar-refractivity contribution is 7.89. The molecule has 0 radical (unpaired) electrons. The third kappa shape index (κ3) is 5.95. The van der Waals surface area contributed by atoms with Crippen molar-refractivity contribution in [1.29, 1.82) is 0 Å². The Morgan fingerprint density at radius 1 is 0.909 bits per heavy atom. The molecule has 0 amide bonds. The average Bonchev–Trinajstić information content (AvgIpc) is 2.85. The fraction of sp³-hybridized carbons (Fsp3) is 0.308. The Hall–Kier alpha value is -2.38. The largest absolute Gasteiger partial charge is 0.497 e. The predicted molar refractivity (Wildman–Crippen MR) is 132 cm³/mol. The first-order valence-corrected chi connectivity index (χ1v) is 12.9. The number of rotatable bonds is 8. The first kappa shape index (κ1) is 23.8. The molecule has 1 heterocycles. The van der Waals surface area contributed by atoms with E-state index in [0.717, 1.165) is 38.0 Å².